The van der Waals surface area contributed by atoms with Crippen molar-refractivity contribution in [3.05, 3.63) is 0 Å². The number of guanidine groups is 1. The van der Waals surface area contributed by atoms with Crippen molar-refractivity contribution < 1.29 is 8.42 Å². The van der Waals surface area contributed by atoms with Crippen molar-refractivity contribution in [1.29, 1.82) is 0 Å². The van der Waals surface area contributed by atoms with Crippen molar-refractivity contribution in [1.82, 2.24) is 4.31 Å². The van der Waals surface area contributed by atoms with Gasteiger partial charge in [-0.2, -0.15) is 0 Å². The van der Waals surface area contributed by atoms with E-state index in [0.29, 0.717) is 0 Å². The van der Waals surface area contributed by atoms with Crippen molar-refractivity contribution in [2.75, 3.05) is 0 Å². The normalized spacial score (nSPS) is 29.1. The molecular formula is C10H19N3O2S. The number of aliphatic imine (C=N–C) groups is 1. The topological polar surface area (TPSA) is 75.8 Å². The van der Waals surface area contributed by atoms with Crippen molar-refractivity contribution in [2.24, 2.45) is 10.7 Å². The quantitative estimate of drug-likeness (QED) is 0.749. The Morgan fingerprint density at radius 3 is 2.31 bits per heavy atom. The number of rotatable bonds is 1. The van der Waals surface area contributed by atoms with Gasteiger partial charge in [-0.15, -0.1) is 0 Å². The van der Waals surface area contributed by atoms with E-state index in [9.17, 15) is 8.42 Å². The molecular weight excluding hydrogens is 226 g/mol. The van der Waals surface area contributed by atoms with E-state index in [-0.39, 0.29) is 12.0 Å². The van der Waals surface area contributed by atoms with Gasteiger partial charge >= 0.3 is 0 Å². The van der Waals surface area contributed by atoms with Crippen LogP contribution in [0.25, 0.3) is 0 Å². The monoisotopic (exact) mass is 245 g/mol. The molecule has 0 aromatic heterocycles. The Morgan fingerprint density at radius 1 is 1.31 bits per heavy atom. The molecule has 2 N–H and O–H groups in total. The highest BCUT2D eigenvalue weighted by Crippen LogP contribution is 2.34. The molecule has 2 rings (SSSR count). The second kappa shape index (κ2) is 3.61. The van der Waals surface area contributed by atoms with E-state index in [2.05, 4.69) is 4.99 Å². The Morgan fingerprint density at radius 2 is 1.88 bits per heavy atom. The van der Waals surface area contributed by atoms with Crippen LogP contribution < -0.4 is 5.73 Å². The Labute approximate surface area is 96.8 Å². The summed E-state index contributed by atoms with van der Waals surface area (Å²) in [6, 6.07) is 0.0178. The zero-order chi connectivity index (χ0) is 12.0. The molecule has 0 spiro atoms. The zero-order valence-corrected chi connectivity index (χ0v) is 10.6. The molecule has 0 unspecified atom stereocenters. The molecule has 0 atom stereocenters. The summed E-state index contributed by atoms with van der Waals surface area (Å²) in [4.78, 5) is 2.96. The lowest BCUT2D eigenvalue weighted by Gasteiger charge is -2.32. The number of sulfonamides is 1. The fourth-order valence-electron chi connectivity index (χ4n) is 2.45. The minimum Gasteiger partial charge on any atom is -0.369 e. The summed E-state index contributed by atoms with van der Waals surface area (Å²) in [5, 5.41) is 0. The average molecular weight is 245 g/mol. The highest BCUT2D eigenvalue weighted by atomic mass is 32.2. The molecule has 0 radical (unpaired) electrons. The summed E-state index contributed by atoms with van der Waals surface area (Å²) in [5.41, 5.74) is 5.76. The van der Waals surface area contributed by atoms with Gasteiger partial charge in [0.15, 0.2) is 4.87 Å². The van der Waals surface area contributed by atoms with Gasteiger partial charge in [0.2, 0.25) is 5.96 Å². The first-order chi connectivity index (χ1) is 7.36. The fourth-order valence-corrected chi connectivity index (χ4v) is 4.03. The van der Waals surface area contributed by atoms with Crippen molar-refractivity contribution in [2.45, 2.75) is 56.9 Å². The Balaban J connectivity index is 2.31. The molecule has 0 amide bonds. The van der Waals surface area contributed by atoms with Gasteiger partial charge in [-0.05, 0) is 26.7 Å². The van der Waals surface area contributed by atoms with Crippen LogP contribution in [0.4, 0.5) is 0 Å². The van der Waals surface area contributed by atoms with Gasteiger partial charge in [-0.3, -0.25) is 0 Å². The summed E-state index contributed by atoms with van der Waals surface area (Å²) >= 11 is 0. The lowest BCUT2D eigenvalue weighted by atomic mass is 9.96. The van der Waals surface area contributed by atoms with Crippen LogP contribution in [0.2, 0.25) is 0 Å². The van der Waals surface area contributed by atoms with Gasteiger partial charge in [-0.1, -0.05) is 19.3 Å². The lowest BCUT2D eigenvalue weighted by Crippen LogP contribution is -2.48. The van der Waals surface area contributed by atoms with Gasteiger partial charge in [0, 0.05) is 6.04 Å². The molecule has 6 heteroatoms. The summed E-state index contributed by atoms with van der Waals surface area (Å²) in [5.74, 6) is 0.164. The van der Waals surface area contributed by atoms with Gasteiger partial charge in [-0.25, -0.2) is 17.7 Å². The third-order valence-electron chi connectivity index (χ3n) is 3.41. The summed E-state index contributed by atoms with van der Waals surface area (Å²) in [6.07, 6.45) is 5.12. The largest absolute Gasteiger partial charge is 0.369 e. The highest BCUT2D eigenvalue weighted by Gasteiger charge is 2.49. The van der Waals surface area contributed by atoms with Crippen LogP contribution in [0.1, 0.15) is 46.0 Å². The molecule has 5 nitrogen and oxygen atoms in total. The van der Waals surface area contributed by atoms with Crippen LogP contribution >= 0.6 is 0 Å². The summed E-state index contributed by atoms with van der Waals surface area (Å²) in [7, 11) is -3.41. The first-order valence-corrected chi connectivity index (χ1v) is 7.19. The summed E-state index contributed by atoms with van der Waals surface area (Å²) < 4.78 is 25.9. The molecule has 1 saturated carbocycles. The van der Waals surface area contributed by atoms with Crippen LogP contribution in [-0.4, -0.2) is 29.6 Å². The number of hydrogen-bond donors (Lipinski definition) is 1. The van der Waals surface area contributed by atoms with E-state index in [1.807, 2.05) is 0 Å². The maximum absolute atomic E-state index is 12.3. The smallest absolute Gasteiger partial charge is 0.263 e. The number of hydrogen-bond acceptors (Lipinski definition) is 4. The summed E-state index contributed by atoms with van der Waals surface area (Å²) in [6.45, 7) is 3.19. The molecule has 0 bridgehead atoms. The second-order valence-corrected chi connectivity index (χ2v) is 7.35. The number of nitrogens with two attached hydrogens (primary N) is 1. The first-order valence-electron chi connectivity index (χ1n) is 5.75. The third kappa shape index (κ3) is 1.59. The molecule has 1 aliphatic carbocycles. The Hall–Kier alpha value is -0.780. The Kier molecular flexibility index (Phi) is 2.64. The van der Waals surface area contributed by atoms with Crippen molar-refractivity contribution in [3.63, 3.8) is 0 Å². The molecule has 2 aliphatic rings. The molecule has 1 aliphatic heterocycles. The lowest BCUT2D eigenvalue weighted by molar-refractivity contribution is 0.325. The molecule has 0 aromatic rings. The van der Waals surface area contributed by atoms with E-state index in [1.54, 1.807) is 13.8 Å². The van der Waals surface area contributed by atoms with E-state index in [0.717, 1.165) is 25.7 Å². The predicted molar refractivity (Wildman–Crippen MR) is 63.3 cm³/mol. The molecule has 92 valence electrons. The van der Waals surface area contributed by atoms with E-state index in [1.165, 1.54) is 10.7 Å². The van der Waals surface area contributed by atoms with E-state index in [4.69, 9.17) is 5.73 Å². The van der Waals surface area contributed by atoms with Crippen LogP contribution in [0, 0.1) is 0 Å². The van der Waals surface area contributed by atoms with Gasteiger partial charge in [0.25, 0.3) is 10.0 Å². The number of nitrogens with zero attached hydrogens (tertiary/aromatic N) is 2. The maximum atomic E-state index is 12.3. The average Bonchev–Trinajstić information content (AvgIpc) is 2.33. The van der Waals surface area contributed by atoms with Crippen LogP contribution in [0.5, 0.6) is 0 Å². The highest BCUT2D eigenvalue weighted by molar-refractivity contribution is 7.91. The first kappa shape index (κ1) is 11.7. The van der Waals surface area contributed by atoms with Gasteiger partial charge in [0.1, 0.15) is 0 Å². The third-order valence-corrected chi connectivity index (χ3v) is 5.76. The van der Waals surface area contributed by atoms with E-state index >= 15 is 0 Å². The SMILES string of the molecule is CC1(C)N=C(N)N(C2CCCCC2)S1(=O)=O. The van der Waals surface area contributed by atoms with Crippen molar-refractivity contribution in [3.8, 4) is 0 Å². The molecule has 0 saturated heterocycles. The van der Waals surface area contributed by atoms with Gasteiger partial charge < -0.3 is 5.73 Å². The van der Waals surface area contributed by atoms with E-state index < -0.39 is 14.9 Å². The standard InChI is InChI=1S/C10H19N3O2S/c1-10(2)12-9(11)13(16(10,14)15)8-6-4-3-5-7-8/h8H,3-7H2,1-2H3,(H2,11,12). The minimum atomic E-state index is -3.41. The zero-order valence-electron chi connectivity index (χ0n) is 9.81. The van der Waals surface area contributed by atoms with Gasteiger partial charge in [0.05, 0.1) is 0 Å². The minimum absolute atomic E-state index is 0.0178. The maximum Gasteiger partial charge on any atom is 0.263 e. The van der Waals surface area contributed by atoms with Crippen molar-refractivity contribution >= 4 is 16.0 Å². The van der Waals surface area contributed by atoms with Crippen LogP contribution in [0.3, 0.4) is 0 Å². The molecule has 16 heavy (non-hydrogen) atoms. The second-order valence-electron chi connectivity index (χ2n) is 5.01. The van der Waals surface area contributed by atoms with Crippen LogP contribution in [0.15, 0.2) is 4.99 Å². The molecule has 1 fully saturated rings. The fraction of sp³-hybridized carbons (Fsp3) is 0.900. The molecule has 0 aromatic carbocycles. The molecule has 1 heterocycles. The Bertz CT molecular complexity index is 408. The predicted octanol–water partition coefficient (Wildman–Crippen LogP) is 1.02. The van der Waals surface area contributed by atoms with Crippen LogP contribution in [-0.2, 0) is 10.0 Å².